The average molecular weight is 372 g/mol. The lowest BCUT2D eigenvalue weighted by atomic mass is 9.91. The van der Waals surface area contributed by atoms with Gasteiger partial charge in [0.2, 0.25) is 5.91 Å². The monoisotopic (exact) mass is 372 g/mol. The predicted molar refractivity (Wildman–Crippen MR) is 103 cm³/mol. The highest BCUT2D eigenvalue weighted by atomic mass is 16.6. The standard InChI is InChI=1S/C21H28N2O4/c1-21(2,3)27-20(25)22-10-9-15(12-22)11-19(24)23-13-17(14-23)16-5-7-18(26-4)8-6-16/h5-8,11,17H,9-10,12-14H2,1-4H3. The number of likely N-dealkylation sites (tertiary alicyclic amines) is 2. The summed E-state index contributed by atoms with van der Waals surface area (Å²) in [7, 11) is 1.65. The zero-order chi connectivity index (χ0) is 19.6. The third kappa shape index (κ3) is 4.81. The molecule has 0 bridgehead atoms. The van der Waals surface area contributed by atoms with Crippen molar-refractivity contribution in [1.29, 1.82) is 0 Å². The quantitative estimate of drug-likeness (QED) is 0.765. The molecule has 6 nitrogen and oxygen atoms in total. The molecule has 1 aromatic carbocycles. The second-order valence-electron chi connectivity index (χ2n) is 8.17. The largest absolute Gasteiger partial charge is 0.497 e. The van der Waals surface area contributed by atoms with Crippen LogP contribution in [0, 0.1) is 0 Å². The molecule has 2 aliphatic heterocycles. The number of hydrogen-bond acceptors (Lipinski definition) is 4. The van der Waals surface area contributed by atoms with Crippen molar-refractivity contribution in [2.24, 2.45) is 0 Å². The summed E-state index contributed by atoms with van der Waals surface area (Å²) in [6, 6.07) is 8.01. The lowest BCUT2D eigenvalue weighted by Crippen LogP contribution is -2.47. The number of carbonyl (C=O) groups excluding carboxylic acids is 2. The van der Waals surface area contributed by atoms with Crippen molar-refractivity contribution < 1.29 is 19.1 Å². The van der Waals surface area contributed by atoms with Crippen molar-refractivity contribution in [3.8, 4) is 5.75 Å². The molecule has 2 heterocycles. The van der Waals surface area contributed by atoms with Gasteiger partial charge in [-0.15, -0.1) is 0 Å². The third-order valence-corrected chi connectivity index (χ3v) is 4.86. The summed E-state index contributed by atoms with van der Waals surface area (Å²) in [6.07, 6.45) is 2.09. The van der Waals surface area contributed by atoms with Gasteiger partial charge in [-0.2, -0.15) is 0 Å². The van der Waals surface area contributed by atoms with E-state index in [4.69, 9.17) is 9.47 Å². The van der Waals surface area contributed by atoms with Gasteiger partial charge < -0.3 is 19.3 Å². The van der Waals surface area contributed by atoms with Crippen LogP contribution in [0.15, 0.2) is 35.9 Å². The van der Waals surface area contributed by atoms with Crippen molar-refractivity contribution in [2.45, 2.75) is 38.7 Å². The summed E-state index contributed by atoms with van der Waals surface area (Å²) < 4.78 is 10.6. The first-order valence-corrected chi connectivity index (χ1v) is 9.35. The van der Waals surface area contributed by atoms with E-state index < -0.39 is 5.60 Å². The minimum atomic E-state index is -0.506. The summed E-state index contributed by atoms with van der Waals surface area (Å²) in [5.74, 6) is 1.24. The molecule has 1 aromatic rings. The molecule has 2 fully saturated rings. The molecule has 0 N–H and O–H groups in total. The maximum Gasteiger partial charge on any atom is 0.410 e. The van der Waals surface area contributed by atoms with Gasteiger partial charge in [0.05, 0.1) is 7.11 Å². The Balaban J connectivity index is 1.49. The zero-order valence-corrected chi connectivity index (χ0v) is 16.5. The zero-order valence-electron chi connectivity index (χ0n) is 16.5. The summed E-state index contributed by atoms with van der Waals surface area (Å²) in [6.45, 7) is 8.08. The summed E-state index contributed by atoms with van der Waals surface area (Å²) in [4.78, 5) is 28.1. The second kappa shape index (κ2) is 7.62. The van der Waals surface area contributed by atoms with E-state index >= 15 is 0 Å². The predicted octanol–water partition coefficient (Wildman–Crippen LogP) is 3.19. The molecule has 146 valence electrons. The molecule has 0 aromatic heterocycles. The van der Waals surface area contributed by atoms with E-state index in [2.05, 4.69) is 12.1 Å². The van der Waals surface area contributed by atoms with E-state index in [-0.39, 0.29) is 12.0 Å². The molecule has 2 amide bonds. The Kier molecular flexibility index (Phi) is 5.44. The van der Waals surface area contributed by atoms with E-state index in [0.717, 1.165) is 30.8 Å². The van der Waals surface area contributed by atoms with E-state index in [1.165, 1.54) is 5.56 Å². The fraction of sp³-hybridized carbons (Fsp3) is 0.524. The van der Waals surface area contributed by atoms with Crippen molar-refractivity contribution in [2.75, 3.05) is 33.3 Å². The van der Waals surface area contributed by atoms with Gasteiger partial charge in [0.1, 0.15) is 11.4 Å². The SMILES string of the molecule is COc1ccc(C2CN(C(=O)C=C3CCN(C(=O)OC(C)(C)C)C3)C2)cc1. The van der Waals surface area contributed by atoms with Gasteiger partial charge in [0, 0.05) is 38.2 Å². The molecule has 2 saturated heterocycles. The minimum Gasteiger partial charge on any atom is -0.497 e. The van der Waals surface area contributed by atoms with Gasteiger partial charge in [-0.3, -0.25) is 4.79 Å². The first-order valence-electron chi connectivity index (χ1n) is 9.35. The second-order valence-corrected chi connectivity index (χ2v) is 8.17. The van der Waals surface area contributed by atoms with Gasteiger partial charge in [0.15, 0.2) is 0 Å². The molecule has 0 saturated carbocycles. The molecule has 0 atom stereocenters. The number of amides is 2. The highest BCUT2D eigenvalue weighted by Gasteiger charge is 2.32. The van der Waals surface area contributed by atoms with E-state index in [1.54, 1.807) is 18.1 Å². The third-order valence-electron chi connectivity index (χ3n) is 4.86. The smallest absolute Gasteiger partial charge is 0.410 e. The maximum absolute atomic E-state index is 12.5. The molecule has 0 aliphatic carbocycles. The van der Waals surface area contributed by atoms with Crippen molar-refractivity contribution in [3.05, 3.63) is 41.5 Å². The van der Waals surface area contributed by atoms with Crippen LogP contribution in [0.2, 0.25) is 0 Å². The number of rotatable bonds is 3. The first-order chi connectivity index (χ1) is 12.7. The van der Waals surface area contributed by atoms with Crippen LogP contribution in [0.5, 0.6) is 5.75 Å². The van der Waals surface area contributed by atoms with Crippen LogP contribution in [0.3, 0.4) is 0 Å². The van der Waals surface area contributed by atoms with Crippen LogP contribution in [-0.2, 0) is 9.53 Å². The molecule has 6 heteroatoms. The fourth-order valence-corrected chi connectivity index (χ4v) is 3.29. The van der Waals surface area contributed by atoms with Gasteiger partial charge in [-0.25, -0.2) is 4.79 Å². The van der Waals surface area contributed by atoms with Crippen LogP contribution >= 0.6 is 0 Å². The van der Waals surface area contributed by atoms with Gasteiger partial charge in [-0.1, -0.05) is 12.1 Å². The van der Waals surface area contributed by atoms with Crippen molar-refractivity contribution >= 4 is 12.0 Å². The first kappa shape index (κ1) is 19.3. The Morgan fingerprint density at radius 2 is 1.78 bits per heavy atom. The Labute approximate surface area is 160 Å². The lowest BCUT2D eigenvalue weighted by molar-refractivity contribution is -0.130. The molecule has 3 rings (SSSR count). The number of nitrogens with zero attached hydrogens (tertiary/aromatic N) is 2. The average Bonchev–Trinajstić information content (AvgIpc) is 3.01. The summed E-state index contributed by atoms with van der Waals surface area (Å²) in [5, 5.41) is 0. The molecule has 0 radical (unpaired) electrons. The minimum absolute atomic E-state index is 0.0285. The molecule has 2 aliphatic rings. The van der Waals surface area contributed by atoms with E-state index in [0.29, 0.717) is 19.0 Å². The molecule has 0 unspecified atom stereocenters. The topological polar surface area (TPSA) is 59.1 Å². The number of carbonyl (C=O) groups is 2. The number of ether oxygens (including phenoxy) is 2. The normalized spacial score (nSPS) is 19.2. The fourth-order valence-electron chi connectivity index (χ4n) is 3.29. The van der Waals surface area contributed by atoms with E-state index in [9.17, 15) is 9.59 Å². The Bertz CT molecular complexity index is 728. The molecular formula is C21H28N2O4. The van der Waals surface area contributed by atoms with Crippen LogP contribution in [0.25, 0.3) is 0 Å². The van der Waals surface area contributed by atoms with Crippen LogP contribution < -0.4 is 4.74 Å². The summed E-state index contributed by atoms with van der Waals surface area (Å²) >= 11 is 0. The number of benzene rings is 1. The molecule has 27 heavy (non-hydrogen) atoms. The van der Waals surface area contributed by atoms with Crippen LogP contribution in [0.4, 0.5) is 4.79 Å². The van der Waals surface area contributed by atoms with Crippen molar-refractivity contribution in [3.63, 3.8) is 0 Å². The highest BCUT2D eigenvalue weighted by molar-refractivity contribution is 5.89. The Morgan fingerprint density at radius 3 is 2.37 bits per heavy atom. The van der Waals surface area contributed by atoms with Gasteiger partial charge in [0.25, 0.3) is 0 Å². The molecular weight excluding hydrogens is 344 g/mol. The number of methoxy groups -OCH3 is 1. The number of hydrogen-bond donors (Lipinski definition) is 0. The highest BCUT2D eigenvalue weighted by Crippen LogP contribution is 2.29. The Morgan fingerprint density at radius 1 is 1.11 bits per heavy atom. The van der Waals surface area contributed by atoms with Gasteiger partial charge in [-0.05, 0) is 50.5 Å². The van der Waals surface area contributed by atoms with Crippen LogP contribution in [0.1, 0.15) is 38.7 Å². The van der Waals surface area contributed by atoms with Crippen molar-refractivity contribution in [1.82, 2.24) is 9.80 Å². The van der Waals surface area contributed by atoms with E-state index in [1.807, 2.05) is 37.8 Å². The summed E-state index contributed by atoms with van der Waals surface area (Å²) in [5.41, 5.74) is 1.70. The lowest BCUT2D eigenvalue weighted by Gasteiger charge is -2.39. The molecule has 0 spiro atoms. The van der Waals surface area contributed by atoms with Gasteiger partial charge >= 0.3 is 6.09 Å². The Hall–Kier alpha value is -2.50. The maximum atomic E-state index is 12.5. The van der Waals surface area contributed by atoms with Crippen LogP contribution in [-0.4, -0.2) is 60.7 Å².